The molecule has 0 spiro atoms. The highest BCUT2D eigenvalue weighted by Crippen LogP contribution is 2.36. The van der Waals surface area contributed by atoms with Crippen molar-refractivity contribution in [1.82, 2.24) is 14.7 Å². The minimum Gasteiger partial charge on any atom is -0.439 e. The number of aliphatic hydroxyl groups is 1. The van der Waals surface area contributed by atoms with Crippen molar-refractivity contribution < 1.29 is 14.6 Å². The van der Waals surface area contributed by atoms with Gasteiger partial charge in [0.15, 0.2) is 0 Å². The Kier molecular flexibility index (Phi) is 8.54. The summed E-state index contributed by atoms with van der Waals surface area (Å²) in [6.07, 6.45) is 1.89. The summed E-state index contributed by atoms with van der Waals surface area (Å²) in [7, 11) is 1.93. The van der Waals surface area contributed by atoms with Crippen LogP contribution in [0.3, 0.4) is 0 Å². The molecule has 1 aliphatic rings. The Balaban J connectivity index is 1.36. The molecule has 1 atom stereocenters. The van der Waals surface area contributed by atoms with E-state index in [1.807, 2.05) is 78.5 Å². The molecule has 1 aromatic heterocycles. The van der Waals surface area contributed by atoms with Crippen molar-refractivity contribution in [3.8, 4) is 22.9 Å². The van der Waals surface area contributed by atoms with E-state index in [1.165, 1.54) is 12.8 Å². The lowest BCUT2D eigenvalue weighted by atomic mass is 10.1. The van der Waals surface area contributed by atoms with Gasteiger partial charge in [0, 0.05) is 32.2 Å². The SMILES string of the molecule is Cc1cccc(Oc2c(CN(CC3CC3)C[C@H](O)COCc3ccccc3)c(-c3ccccc3)nn2C)c1. The standard InChI is InChI=1S/C32H37N3O3/c1-24-10-9-15-29(18-24)38-32-30(31(33-34(32)2)27-13-7-4-8-14-27)21-35(19-25-16-17-25)20-28(36)23-37-22-26-11-5-3-6-12-26/h3-15,18,25,28,36H,16-17,19-23H2,1-2H3/t28-/m0/s1. The molecule has 5 rings (SSSR count). The summed E-state index contributed by atoms with van der Waals surface area (Å²) in [6, 6.07) is 28.4. The van der Waals surface area contributed by atoms with Crippen molar-refractivity contribution in [2.75, 3.05) is 19.7 Å². The number of hydrogen-bond acceptors (Lipinski definition) is 5. The molecule has 1 heterocycles. The summed E-state index contributed by atoms with van der Waals surface area (Å²) in [6.45, 7) is 4.94. The molecule has 6 nitrogen and oxygen atoms in total. The number of aryl methyl sites for hydroxylation is 2. The van der Waals surface area contributed by atoms with E-state index in [0.717, 1.165) is 46.1 Å². The second-order valence-corrected chi connectivity index (χ2v) is 10.3. The summed E-state index contributed by atoms with van der Waals surface area (Å²) in [5, 5.41) is 15.8. The summed E-state index contributed by atoms with van der Waals surface area (Å²) >= 11 is 0. The maximum absolute atomic E-state index is 10.9. The molecule has 0 unspecified atom stereocenters. The largest absolute Gasteiger partial charge is 0.439 e. The van der Waals surface area contributed by atoms with Crippen LogP contribution in [0.15, 0.2) is 84.9 Å². The summed E-state index contributed by atoms with van der Waals surface area (Å²) in [5.74, 6) is 2.19. The van der Waals surface area contributed by atoms with E-state index in [0.29, 0.717) is 32.2 Å². The third kappa shape index (κ3) is 7.10. The molecular formula is C32H37N3O3. The van der Waals surface area contributed by atoms with Crippen LogP contribution in [0.25, 0.3) is 11.3 Å². The quantitative estimate of drug-likeness (QED) is 0.239. The van der Waals surface area contributed by atoms with Gasteiger partial charge < -0.3 is 14.6 Å². The van der Waals surface area contributed by atoms with Gasteiger partial charge in [0.05, 0.1) is 24.9 Å². The van der Waals surface area contributed by atoms with Crippen molar-refractivity contribution >= 4 is 0 Å². The van der Waals surface area contributed by atoms with E-state index in [4.69, 9.17) is 14.6 Å². The fourth-order valence-electron chi connectivity index (χ4n) is 4.77. The van der Waals surface area contributed by atoms with Crippen molar-refractivity contribution in [1.29, 1.82) is 0 Å². The fraction of sp³-hybridized carbons (Fsp3) is 0.344. The van der Waals surface area contributed by atoms with Crippen LogP contribution in [0, 0.1) is 12.8 Å². The fourth-order valence-corrected chi connectivity index (χ4v) is 4.77. The Hall–Kier alpha value is -3.45. The van der Waals surface area contributed by atoms with E-state index in [2.05, 4.69) is 30.0 Å². The maximum Gasteiger partial charge on any atom is 0.222 e. The van der Waals surface area contributed by atoms with Crippen LogP contribution in [-0.4, -0.2) is 45.6 Å². The molecule has 6 heteroatoms. The second-order valence-electron chi connectivity index (χ2n) is 10.3. The number of aromatic nitrogens is 2. The Morgan fingerprint density at radius 1 is 1.00 bits per heavy atom. The smallest absolute Gasteiger partial charge is 0.222 e. The Bertz CT molecular complexity index is 1300. The molecule has 0 bridgehead atoms. The lowest BCUT2D eigenvalue weighted by molar-refractivity contribution is 0.00774. The Morgan fingerprint density at radius 2 is 1.74 bits per heavy atom. The average molecular weight is 512 g/mol. The van der Waals surface area contributed by atoms with Gasteiger partial charge in [0.25, 0.3) is 0 Å². The first kappa shape index (κ1) is 26.2. The van der Waals surface area contributed by atoms with Gasteiger partial charge in [-0.25, -0.2) is 4.68 Å². The Labute approximate surface area is 225 Å². The van der Waals surface area contributed by atoms with Gasteiger partial charge in [-0.3, -0.25) is 4.90 Å². The van der Waals surface area contributed by atoms with Gasteiger partial charge >= 0.3 is 0 Å². The first-order valence-corrected chi connectivity index (χ1v) is 13.4. The van der Waals surface area contributed by atoms with Crippen LogP contribution in [-0.2, 0) is 24.9 Å². The zero-order chi connectivity index (χ0) is 26.3. The van der Waals surface area contributed by atoms with Gasteiger partial charge in [0.2, 0.25) is 5.88 Å². The van der Waals surface area contributed by atoms with Gasteiger partial charge in [-0.1, -0.05) is 72.8 Å². The highest BCUT2D eigenvalue weighted by Gasteiger charge is 2.28. The number of aliphatic hydroxyl groups excluding tert-OH is 1. The molecule has 0 aliphatic heterocycles. The van der Waals surface area contributed by atoms with Crippen molar-refractivity contribution in [2.24, 2.45) is 13.0 Å². The van der Waals surface area contributed by atoms with E-state index in [1.54, 1.807) is 0 Å². The number of rotatable bonds is 13. The number of nitrogens with zero attached hydrogens (tertiary/aromatic N) is 3. The lowest BCUT2D eigenvalue weighted by Gasteiger charge is -2.25. The van der Waals surface area contributed by atoms with Crippen molar-refractivity contribution in [3.05, 3.63) is 102 Å². The molecule has 0 amide bonds. The Morgan fingerprint density at radius 3 is 2.45 bits per heavy atom. The molecule has 0 radical (unpaired) electrons. The normalized spacial score (nSPS) is 14.1. The highest BCUT2D eigenvalue weighted by atomic mass is 16.5. The average Bonchev–Trinajstić information content (AvgIpc) is 3.69. The first-order valence-electron chi connectivity index (χ1n) is 13.4. The van der Waals surface area contributed by atoms with Crippen molar-refractivity contribution in [2.45, 2.75) is 39.0 Å². The molecule has 1 saturated carbocycles. The zero-order valence-electron chi connectivity index (χ0n) is 22.3. The maximum atomic E-state index is 10.9. The van der Waals surface area contributed by atoms with Crippen LogP contribution in [0.4, 0.5) is 0 Å². The van der Waals surface area contributed by atoms with E-state index in [-0.39, 0.29) is 0 Å². The van der Waals surface area contributed by atoms with Gasteiger partial charge in [-0.05, 0) is 48.9 Å². The first-order chi connectivity index (χ1) is 18.5. The minimum atomic E-state index is -0.588. The molecule has 4 aromatic rings. The van der Waals surface area contributed by atoms with Crippen LogP contribution in [0.1, 0.15) is 29.5 Å². The molecule has 3 aromatic carbocycles. The number of benzene rings is 3. The summed E-state index contributed by atoms with van der Waals surface area (Å²) in [5.41, 5.74) is 5.23. The number of ether oxygens (including phenoxy) is 2. The lowest BCUT2D eigenvalue weighted by Crippen LogP contribution is -2.36. The predicted molar refractivity (Wildman–Crippen MR) is 150 cm³/mol. The minimum absolute atomic E-state index is 0.293. The summed E-state index contributed by atoms with van der Waals surface area (Å²) in [4.78, 5) is 2.33. The topological polar surface area (TPSA) is 59.8 Å². The zero-order valence-corrected chi connectivity index (χ0v) is 22.3. The van der Waals surface area contributed by atoms with E-state index in [9.17, 15) is 5.11 Å². The van der Waals surface area contributed by atoms with Crippen molar-refractivity contribution in [3.63, 3.8) is 0 Å². The van der Waals surface area contributed by atoms with E-state index >= 15 is 0 Å². The predicted octanol–water partition coefficient (Wildman–Crippen LogP) is 5.98. The second kappa shape index (κ2) is 12.4. The van der Waals surface area contributed by atoms with Crippen LogP contribution in [0.5, 0.6) is 11.6 Å². The molecular weight excluding hydrogens is 474 g/mol. The van der Waals surface area contributed by atoms with Crippen LogP contribution >= 0.6 is 0 Å². The van der Waals surface area contributed by atoms with Gasteiger partial charge in [-0.15, -0.1) is 0 Å². The number of hydrogen-bond donors (Lipinski definition) is 1. The molecule has 1 fully saturated rings. The molecule has 38 heavy (non-hydrogen) atoms. The highest BCUT2D eigenvalue weighted by molar-refractivity contribution is 5.65. The molecule has 1 aliphatic carbocycles. The molecule has 0 saturated heterocycles. The van der Waals surface area contributed by atoms with Crippen LogP contribution < -0.4 is 4.74 Å². The molecule has 1 N–H and O–H groups in total. The summed E-state index contributed by atoms with van der Waals surface area (Å²) < 4.78 is 14.1. The van der Waals surface area contributed by atoms with Gasteiger partial charge in [0.1, 0.15) is 11.4 Å². The third-order valence-corrected chi connectivity index (χ3v) is 6.82. The van der Waals surface area contributed by atoms with Crippen LogP contribution in [0.2, 0.25) is 0 Å². The molecule has 198 valence electrons. The van der Waals surface area contributed by atoms with E-state index < -0.39 is 6.10 Å². The third-order valence-electron chi connectivity index (χ3n) is 6.82. The van der Waals surface area contributed by atoms with Gasteiger partial charge in [-0.2, -0.15) is 5.10 Å². The monoisotopic (exact) mass is 511 g/mol.